The van der Waals surface area contributed by atoms with Gasteiger partial charge in [-0.15, -0.1) is 0 Å². The number of rotatable bonds is 7. The van der Waals surface area contributed by atoms with Crippen molar-refractivity contribution in [2.75, 3.05) is 32.7 Å². The predicted molar refractivity (Wildman–Crippen MR) is 98.9 cm³/mol. The highest BCUT2D eigenvalue weighted by atomic mass is 15.3. The molecular weight excluding hydrogens is 296 g/mol. The molecule has 0 saturated heterocycles. The second-order valence-corrected chi connectivity index (χ2v) is 6.83. The standard InChI is InChI=1S/C20H30N4/c1-3-22(4-2)14-19-15-23(13-11-18-8-6-5-7-9-18)17-20-10-12-21-24(20)16-19/h5-10,12,19H,3-4,11,13-17H2,1-2H3. The Hall–Kier alpha value is -1.65. The van der Waals surface area contributed by atoms with Crippen LogP contribution in [-0.4, -0.2) is 52.3 Å². The van der Waals surface area contributed by atoms with E-state index in [1.165, 1.54) is 11.3 Å². The molecule has 0 bridgehead atoms. The fourth-order valence-corrected chi connectivity index (χ4v) is 3.68. The smallest absolute Gasteiger partial charge is 0.0524 e. The molecule has 1 aliphatic rings. The lowest BCUT2D eigenvalue weighted by Gasteiger charge is -2.28. The van der Waals surface area contributed by atoms with E-state index in [-0.39, 0.29) is 0 Å². The zero-order chi connectivity index (χ0) is 16.8. The molecule has 130 valence electrons. The van der Waals surface area contributed by atoms with Crippen LogP contribution < -0.4 is 0 Å². The van der Waals surface area contributed by atoms with E-state index in [1.54, 1.807) is 0 Å². The first-order chi connectivity index (χ1) is 11.8. The first-order valence-electron chi connectivity index (χ1n) is 9.27. The maximum Gasteiger partial charge on any atom is 0.0524 e. The van der Waals surface area contributed by atoms with Crippen LogP contribution in [0.5, 0.6) is 0 Å². The number of hydrogen-bond donors (Lipinski definition) is 0. The molecule has 4 heteroatoms. The van der Waals surface area contributed by atoms with Gasteiger partial charge in [0, 0.05) is 44.8 Å². The van der Waals surface area contributed by atoms with Gasteiger partial charge >= 0.3 is 0 Å². The van der Waals surface area contributed by atoms with Gasteiger partial charge in [-0.25, -0.2) is 0 Å². The predicted octanol–water partition coefficient (Wildman–Crippen LogP) is 2.90. The van der Waals surface area contributed by atoms with Gasteiger partial charge in [-0.3, -0.25) is 9.58 Å². The highest BCUT2D eigenvalue weighted by molar-refractivity contribution is 5.15. The topological polar surface area (TPSA) is 24.3 Å². The van der Waals surface area contributed by atoms with E-state index in [0.717, 1.165) is 52.2 Å². The Bertz CT molecular complexity index is 603. The van der Waals surface area contributed by atoms with Crippen LogP contribution in [0.4, 0.5) is 0 Å². The van der Waals surface area contributed by atoms with Crippen molar-refractivity contribution < 1.29 is 0 Å². The first kappa shape index (κ1) is 17.2. The van der Waals surface area contributed by atoms with Crippen LogP contribution in [0.3, 0.4) is 0 Å². The number of hydrogen-bond acceptors (Lipinski definition) is 3. The quantitative estimate of drug-likeness (QED) is 0.782. The van der Waals surface area contributed by atoms with Crippen molar-refractivity contribution in [3.8, 4) is 0 Å². The summed E-state index contributed by atoms with van der Waals surface area (Å²) in [5, 5.41) is 4.55. The van der Waals surface area contributed by atoms with Gasteiger partial charge in [-0.05, 0) is 31.1 Å². The maximum atomic E-state index is 4.55. The summed E-state index contributed by atoms with van der Waals surface area (Å²) in [5.41, 5.74) is 2.78. The van der Waals surface area contributed by atoms with E-state index in [1.807, 2.05) is 6.20 Å². The van der Waals surface area contributed by atoms with Crippen LogP contribution >= 0.6 is 0 Å². The molecule has 1 aliphatic heterocycles. The first-order valence-corrected chi connectivity index (χ1v) is 9.27. The molecule has 1 aromatic heterocycles. The van der Waals surface area contributed by atoms with Crippen molar-refractivity contribution in [3.63, 3.8) is 0 Å². The molecular formula is C20H30N4. The monoisotopic (exact) mass is 326 g/mol. The Balaban J connectivity index is 1.66. The highest BCUT2D eigenvalue weighted by Crippen LogP contribution is 2.17. The van der Waals surface area contributed by atoms with Crippen LogP contribution in [0.1, 0.15) is 25.1 Å². The minimum Gasteiger partial charge on any atom is -0.303 e. The van der Waals surface area contributed by atoms with Crippen molar-refractivity contribution in [3.05, 3.63) is 53.9 Å². The third kappa shape index (κ3) is 4.46. The molecule has 24 heavy (non-hydrogen) atoms. The summed E-state index contributed by atoms with van der Waals surface area (Å²) in [6, 6.07) is 13.0. The average molecular weight is 326 g/mol. The van der Waals surface area contributed by atoms with E-state index >= 15 is 0 Å². The van der Waals surface area contributed by atoms with Gasteiger partial charge in [0.1, 0.15) is 0 Å². The molecule has 0 radical (unpaired) electrons. The molecule has 0 saturated carbocycles. The van der Waals surface area contributed by atoms with Crippen LogP contribution in [-0.2, 0) is 19.5 Å². The van der Waals surface area contributed by atoms with Crippen molar-refractivity contribution in [2.45, 2.75) is 33.4 Å². The normalized spacial score (nSPS) is 18.5. The Labute approximate surface area is 146 Å². The third-order valence-electron chi connectivity index (χ3n) is 5.11. The Morgan fingerprint density at radius 1 is 1.08 bits per heavy atom. The fraction of sp³-hybridized carbons (Fsp3) is 0.550. The summed E-state index contributed by atoms with van der Waals surface area (Å²) < 4.78 is 2.22. The highest BCUT2D eigenvalue weighted by Gasteiger charge is 2.23. The molecule has 2 heterocycles. The maximum absolute atomic E-state index is 4.55. The Morgan fingerprint density at radius 3 is 2.62 bits per heavy atom. The molecule has 2 aromatic rings. The van der Waals surface area contributed by atoms with Crippen LogP contribution in [0.2, 0.25) is 0 Å². The molecule has 1 unspecified atom stereocenters. The zero-order valence-electron chi connectivity index (χ0n) is 15.1. The second-order valence-electron chi connectivity index (χ2n) is 6.83. The molecule has 3 rings (SSSR count). The minimum atomic E-state index is 0.641. The average Bonchev–Trinajstić information content (AvgIpc) is 2.97. The minimum absolute atomic E-state index is 0.641. The van der Waals surface area contributed by atoms with Gasteiger partial charge in [-0.1, -0.05) is 44.2 Å². The number of fused-ring (bicyclic) bond motifs is 1. The van der Waals surface area contributed by atoms with Gasteiger partial charge in [0.2, 0.25) is 0 Å². The summed E-state index contributed by atoms with van der Waals surface area (Å²) in [6.45, 7) is 12.3. The van der Waals surface area contributed by atoms with Gasteiger partial charge in [0.05, 0.1) is 5.69 Å². The van der Waals surface area contributed by atoms with E-state index < -0.39 is 0 Å². The van der Waals surface area contributed by atoms with Crippen LogP contribution in [0.15, 0.2) is 42.6 Å². The van der Waals surface area contributed by atoms with Gasteiger partial charge < -0.3 is 4.90 Å². The number of benzene rings is 1. The Kier molecular flexibility index (Phi) is 6.05. The lowest BCUT2D eigenvalue weighted by atomic mass is 10.1. The van der Waals surface area contributed by atoms with Crippen LogP contribution in [0, 0.1) is 5.92 Å². The van der Waals surface area contributed by atoms with Gasteiger partial charge in [0.25, 0.3) is 0 Å². The molecule has 1 aromatic carbocycles. The number of nitrogens with zero attached hydrogens (tertiary/aromatic N) is 4. The molecule has 1 atom stereocenters. The lowest BCUT2D eigenvalue weighted by molar-refractivity contribution is 0.179. The zero-order valence-corrected chi connectivity index (χ0v) is 15.1. The molecule has 4 nitrogen and oxygen atoms in total. The van der Waals surface area contributed by atoms with Crippen molar-refractivity contribution >= 4 is 0 Å². The summed E-state index contributed by atoms with van der Waals surface area (Å²) in [5.74, 6) is 0.641. The van der Waals surface area contributed by atoms with Crippen molar-refractivity contribution in [1.29, 1.82) is 0 Å². The van der Waals surface area contributed by atoms with Crippen LogP contribution in [0.25, 0.3) is 0 Å². The van der Waals surface area contributed by atoms with Crippen molar-refractivity contribution in [2.24, 2.45) is 5.92 Å². The van der Waals surface area contributed by atoms with E-state index in [9.17, 15) is 0 Å². The van der Waals surface area contributed by atoms with Gasteiger partial charge in [0.15, 0.2) is 0 Å². The third-order valence-corrected chi connectivity index (χ3v) is 5.11. The van der Waals surface area contributed by atoms with Gasteiger partial charge in [-0.2, -0.15) is 5.10 Å². The van der Waals surface area contributed by atoms with E-state index in [4.69, 9.17) is 0 Å². The molecule has 0 fully saturated rings. The second kappa shape index (κ2) is 8.45. The molecule has 0 N–H and O–H groups in total. The van der Waals surface area contributed by atoms with E-state index in [2.05, 4.69) is 69.8 Å². The molecule has 0 amide bonds. The fourth-order valence-electron chi connectivity index (χ4n) is 3.68. The van der Waals surface area contributed by atoms with Crippen molar-refractivity contribution in [1.82, 2.24) is 19.6 Å². The van der Waals surface area contributed by atoms with E-state index in [0.29, 0.717) is 5.92 Å². The lowest BCUT2D eigenvalue weighted by Crippen LogP contribution is -2.37. The largest absolute Gasteiger partial charge is 0.303 e. The summed E-state index contributed by atoms with van der Waals surface area (Å²) >= 11 is 0. The molecule has 0 spiro atoms. The summed E-state index contributed by atoms with van der Waals surface area (Å²) in [4.78, 5) is 5.15. The molecule has 0 aliphatic carbocycles. The number of aromatic nitrogens is 2. The summed E-state index contributed by atoms with van der Waals surface area (Å²) in [6.07, 6.45) is 3.07. The Morgan fingerprint density at radius 2 is 1.88 bits per heavy atom. The SMILES string of the molecule is CCN(CC)CC1CN(CCc2ccccc2)Cc2ccnn2C1. The summed E-state index contributed by atoms with van der Waals surface area (Å²) in [7, 11) is 0.